The number of rotatable bonds is 5. The van der Waals surface area contributed by atoms with Gasteiger partial charge in [-0.25, -0.2) is 0 Å². The molecule has 0 aliphatic heterocycles. The lowest BCUT2D eigenvalue weighted by molar-refractivity contribution is -1.64. The first kappa shape index (κ1) is 18.2. The molecular formula is C9H17Cl2NO4. The van der Waals surface area contributed by atoms with Crippen LogP contribution in [-0.4, -0.2) is 37.1 Å². The zero-order chi connectivity index (χ0) is 12.4. The first-order valence-electron chi connectivity index (χ1n) is 4.29. The van der Waals surface area contributed by atoms with Crippen LogP contribution in [-0.2, 0) is 9.08 Å². The molecule has 16 heavy (non-hydrogen) atoms. The van der Waals surface area contributed by atoms with Crippen LogP contribution in [0.25, 0.3) is 0 Å². The number of nitrogens with zero attached hydrogens (tertiary/aromatic N) is 1. The zero-order valence-corrected chi connectivity index (χ0v) is 11.6. The Bertz CT molecular complexity index is 275. The van der Waals surface area contributed by atoms with E-state index in [1.54, 1.807) is 21.1 Å². The molecule has 5 nitrogen and oxygen atoms in total. The monoisotopic (exact) mass is 273 g/mol. The topological polar surface area (TPSA) is 72.4 Å². The lowest BCUT2D eigenvalue weighted by atomic mass is 10.0. The van der Waals surface area contributed by atoms with Gasteiger partial charge in [-0.15, -0.1) is 0 Å². The fourth-order valence-electron chi connectivity index (χ4n) is 0.962. The first-order valence-corrected chi connectivity index (χ1v) is 5.22. The standard InChI is InChI=1S/C9H17ClNO4.ClH/c1-7(2)8(12)9(3,11(4,5)6)15-10(13)14;/h1H2,2-6H3;1H/q+1;/p-1. The van der Waals surface area contributed by atoms with Crippen LogP contribution in [0.1, 0.15) is 13.8 Å². The van der Waals surface area contributed by atoms with Gasteiger partial charge in [0.05, 0.1) is 25.4 Å². The molecule has 7 heteroatoms. The minimum Gasteiger partial charge on any atom is -1.00 e. The lowest BCUT2D eigenvalue weighted by Gasteiger charge is -2.35. The maximum absolute atomic E-state index is 11.8. The number of carbonyl (C=O) groups excluding carboxylic acids is 1. The number of halogens is 2. The SMILES string of the molecule is C=C(C)C(=O)C(C)(O[Cl+2]([O-])[O-])[N+](C)(C)C.[Cl-]. The smallest absolute Gasteiger partial charge is 0.366 e. The molecule has 0 aromatic carbocycles. The molecule has 96 valence electrons. The summed E-state index contributed by atoms with van der Waals surface area (Å²) in [7, 11) is 2.60. The summed E-state index contributed by atoms with van der Waals surface area (Å²) in [5, 5.41) is 0. The molecule has 1 unspecified atom stereocenters. The Hall–Kier alpha value is -0.170. The summed E-state index contributed by atoms with van der Waals surface area (Å²) in [4.78, 5) is 11.8. The van der Waals surface area contributed by atoms with E-state index >= 15 is 0 Å². The number of carbonyl (C=O) groups is 1. The Morgan fingerprint density at radius 3 is 1.94 bits per heavy atom. The first-order chi connectivity index (χ1) is 6.52. The zero-order valence-electron chi connectivity index (χ0n) is 10.0. The van der Waals surface area contributed by atoms with Crippen LogP contribution >= 0.6 is 0 Å². The summed E-state index contributed by atoms with van der Waals surface area (Å²) in [5.74, 6) is -0.441. The van der Waals surface area contributed by atoms with Crippen LogP contribution in [0.15, 0.2) is 12.2 Å². The fraction of sp³-hybridized carbons (Fsp3) is 0.667. The molecular weight excluding hydrogens is 257 g/mol. The second-order valence-corrected chi connectivity index (χ2v) is 4.90. The number of quaternary nitrogens is 1. The normalized spacial score (nSPS) is 15.2. The molecule has 0 fully saturated rings. The van der Waals surface area contributed by atoms with Gasteiger partial charge >= 0.3 is 5.72 Å². The van der Waals surface area contributed by atoms with Crippen LogP contribution in [0.3, 0.4) is 0 Å². The molecule has 1 atom stereocenters. The minimum absolute atomic E-state index is 0. The van der Waals surface area contributed by atoms with Gasteiger partial charge in [-0.1, -0.05) is 6.58 Å². The molecule has 0 aliphatic carbocycles. The maximum atomic E-state index is 11.8. The number of hydrogen-bond donors (Lipinski definition) is 0. The van der Waals surface area contributed by atoms with Gasteiger partial charge in [0.25, 0.3) is 16.6 Å². The molecule has 0 rings (SSSR count). The predicted molar refractivity (Wildman–Crippen MR) is 47.3 cm³/mol. The average molecular weight is 274 g/mol. The fourth-order valence-corrected chi connectivity index (χ4v) is 1.48. The molecule has 0 spiro atoms. The Kier molecular flexibility index (Phi) is 6.77. The van der Waals surface area contributed by atoms with Crippen molar-refractivity contribution in [2.24, 2.45) is 0 Å². The van der Waals surface area contributed by atoms with E-state index in [9.17, 15) is 14.1 Å². The highest BCUT2D eigenvalue weighted by molar-refractivity contribution is 5.99. The second kappa shape index (κ2) is 5.95. The number of hydrogen-bond acceptors (Lipinski definition) is 4. The van der Waals surface area contributed by atoms with Gasteiger partial charge in [0.1, 0.15) is 0 Å². The highest BCUT2D eigenvalue weighted by atomic mass is 35.6. The Morgan fingerprint density at radius 2 is 1.75 bits per heavy atom. The van der Waals surface area contributed by atoms with Gasteiger partial charge in [-0.05, 0) is 12.5 Å². The summed E-state index contributed by atoms with van der Waals surface area (Å²) >= 11 is 0. The molecule has 0 radical (unpaired) electrons. The highest BCUT2D eigenvalue weighted by Crippen LogP contribution is 2.24. The van der Waals surface area contributed by atoms with Crippen molar-refractivity contribution in [2.45, 2.75) is 19.6 Å². The van der Waals surface area contributed by atoms with Gasteiger partial charge in [0.15, 0.2) is 0 Å². The van der Waals surface area contributed by atoms with E-state index in [2.05, 4.69) is 10.9 Å². The quantitative estimate of drug-likeness (QED) is 0.289. The summed E-state index contributed by atoms with van der Waals surface area (Å²) < 4.78 is 25.8. The van der Waals surface area contributed by atoms with E-state index in [4.69, 9.17) is 0 Å². The highest BCUT2D eigenvalue weighted by Gasteiger charge is 2.56. The van der Waals surface area contributed by atoms with E-state index in [0.29, 0.717) is 0 Å². The van der Waals surface area contributed by atoms with Crippen molar-refractivity contribution in [3.8, 4) is 0 Å². The van der Waals surface area contributed by atoms with Crippen LogP contribution in [0, 0.1) is 10.8 Å². The van der Waals surface area contributed by atoms with E-state index in [1.165, 1.54) is 13.8 Å². The van der Waals surface area contributed by atoms with E-state index in [1.807, 2.05) is 0 Å². The van der Waals surface area contributed by atoms with Crippen molar-refractivity contribution in [1.29, 1.82) is 0 Å². The number of Topliss-reactive ketones (excluding diaryl/α,β-unsaturated/α-hetero) is 1. The van der Waals surface area contributed by atoms with E-state index in [0.717, 1.165) is 0 Å². The summed E-state index contributed by atoms with van der Waals surface area (Å²) in [5.41, 5.74) is -1.24. The molecule has 0 bridgehead atoms. The second-order valence-electron chi connectivity index (χ2n) is 4.37. The van der Waals surface area contributed by atoms with Gasteiger partial charge in [-0.2, -0.15) is 0 Å². The van der Waals surface area contributed by atoms with Crippen molar-refractivity contribution in [1.82, 2.24) is 0 Å². The number of ketones is 1. The van der Waals surface area contributed by atoms with E-state index < -0.39 is 22.3 Å². The van der Waals surface area contributed by atoms with Crippen molar-refractivity contribution in [2.75, 3.05) is 21.1 Å². The predicted octanol–water partition coefficient (Wildman–Crippen LogP) is -4.34. The molecule has 0 amide bonds. The summed E-state index contributed by atoms with van der Waals surface area (Å²) in [6, 6.07) is 0. The molecule has 0 aromatic rings. The largest absolute Gasteiger partial charge is 1.00 e. The van der Waals surface area contributed by atoms with Gasteiger partial charge in [0, 0.05) is 6.92 Å². The molecule has 0 saturated carbocycles. The van der Waals surface area contributed by atoms with Crippen LogP contribution in [0.4, 0.5) is 0 Å². The third-order valence-electron chi connectivity index (χ3n) is 2.30. The Morgan fingerprint density at radius 1 is 1.38 bits per heavy atom. The van der Waals surface area contributed by atoms with Crippen LogP contribution in [0.5, 0.6) is 0 Å². The number of likely N-dealkylation sites (N-methyl/N-ethyl adjacent to an activating group) is 1. The molecule has 0 aliphatic rings. The third-order valence-corrected chi connectivity index (χ3v) is 2.73. The van der Waals surface area contributed by atoms with Gasteiger partial charge in [-0.3, -0.25) is 9.28 Å². The average Bonchev–Trinajstić information content (AvgIpc) is 1.99. The van der Waals surface area contributed by atoms with Crippen molar-refractivity contribution in [3.63, 3.8) is 0 Å². The molecule has 0 aromatic heterocycles. The van der Waals surface area contributed by atoms with Crippen molar-refractivity contribution in [3.05, 3.63) is 12.2 Å². The van der Waals surface area contributed by atoms with Gasteiger partial charge < -0.3 is 21.7 Å². The molecule has 0 heterocycles. The van der Waals surface area contributed by atoms with Crippen LogP contribution in [0.2, 0.25) is 0 Å². The summed E-state index contributed by atoms with van der Waals surface area (Å²) in [6.07, 6.45) is 0. The Labute approximate surface area is 105 Å². The maximum Gasteiger partial charge on any atom is 0.366 e. The summed E-state index contributed by atoms with van der Waals surface area (Å²) in [6.45, 7) is 6.44. The molecule has 0 N–H and O–H groups in total. The lowest BCUT2D eigenvalue weighted by Crippen LogP contribution is -3.00. The minimum atomic E-state index is -2.40. The van der Waals surface area contributed by atoms with Crippen molar-refractivity contribution >= 4 is 5.78 Å². The van der Waals surface area contributed by atoms with Crippen molar-refractivity contribution < 1.29 is 46.1 Å². The van der Waals surface area contributed by atoms with Crippen LogP contribution < -0.4 is 21.7 Å². The third kappa shape index (κ3) is 4.01. The van der Waals surface area contributed by atoms with Gasteiger partial charge in [0.2, 0.25) is 0 Å². The molecule has 0 saturated heterocycles. The van der Waals surface area contributed by atoms with E-state index in [-0.39, 0.29) is 22.5 Å². The Balaban J connectivity index is 0.